The van der Waals surface area contributed by atoms with Crippen LogP contribution >= 0.6 is 11.6 Å². The molecule has 0 spiro atoms. The van der Waals surface area contributed by atoms with Gasteiger partial charge in [0.2, 0.25) is 5.95 Å². The fourth-order valence-electron chi connectivity index (χ4n) is 1.42. The minimum absolute atomic E-state index is 0.0784. The van der Waals surface area contributed by atoms with Crippen LogP contribution < -0.4 is 5.32 Å². The van der Waals surface area contributed by atoms with Crippen LogP contribution in [0.5, 0.6) is 0 Å². The Balaban J connectivity index is 2.18. The fourth-order valence-corrected chi connectivity index (χ4v) is 2.19. The predicted octanol–water partition coefficient (Wildman–Crippen LogP) is 1.79. The predicted molar refractivity (Wildman–Crippen MR) is 74.5 cm³/mol. The van der Waals surface area contributed by atoms with E-state index in [1.54, 1.807) is 0 Å². The maximum absolute atomic E-state index is 11.9. The van der Waals surface area contributed by atoms with Crippen molar-refractivity contribution in [1.29, 1.82) is 0 Å². The topological polar surface area (TPSA) is 89.0 Å². The number of halogens is 1. The molecular formula is C12H10ClN3O3S. The van der Waals surface area contributed by atoms with Crippen LogP contribution in [0.4, 0.5) is 5.95 Å². The number of aromatic nitrogens is 2. The largest absolute Gasteiger partial charge is 0.290 e. The van der Waals surface area contributed by atoms with Gasteiger partial charge in [0, 0.05) is 18.0 Å². The van der Waals surface area contributed by atoms with Crippen molar-refractivity contribution in [2.24, 2.45) is 0 Å². The van der Waals surface area contributed by atoms with E-state index in [4.69, 9.17) is 11.6 Å². The summed E-state index contributed by atoms with van der Waals surface area (Å²) in [7, 11) is -3.28. The van der Waals surface area contributed by atoms with Crippen LogP contribution in [-0.4, -0.2) is 30.5 Å². The molecule has 2 aromatic rings. The first-order valence-corrected chi connectivity index (χ1v) is 7.73. The SMILES string of the molecule is CS(=O)(=O)c1ccc(C(=O)Nc2nccc(Cl)n2)cc1. The molecule has 104 valence electrons. The maximum Gasteiger partial charge on any atom is 0.258 e. The standard InChI is InChI=1S/C12H10ClN3O3S/c1-20(18,19)9-4-2-8(3-5-9)11(17)16-12-14-7-6-10(13)15-12/h2-7H,1H3,(H,14,15,16,17). The van der Waals surface area contributed by atoms with Crippen molar-refractivity contribution < 1.29 is 13.2 Å². The number of anilines is 1. The summed E-state index contributed by atoms with van der Waals surface area (Å²) in [5.74, 6) is -0.373. The van der Waals surface area contributed by atoms with Crippen LogP contribution in [0.25, 0.3) is 0 Å². The quantitative estimate of drug-likeness (QED) is 0.873. The molecule has 0 saturated heterocycles. The van der Waals surface area contributed by atoms with E-state index in [9.17, 15) is 13.2 Å². The van der Waals surface area contributed by atoms with Crippen LogP contribution in [0, 0.1) is 0 Å². The van der Waals surface area contributed by atoms with Gasteiger partial charge in [-0.25, -0.2) is 18.4 Å². The first kappa shape index (κ1) is 14.4. The van der Waals surface area contributed by atoms with E-state index >= 15 is 0 Å². The molecule has 1 aromatic heterocycles. The van der Waals surface area contributed by atoms with E-state index in [1.165, 1.54) is 36.5 Å². The number of sulfone groups is 1. The van der Waals surface area contributed by atoms with Gasteiger partial charge in [-0.2, -0.15) is 0 Å². The molecule has 8 heteroatoms. The maximum atomic E-state index is 11.9. The molecule has 1 amide bonds. The second-order valence-electron chi connectivity index (χ2n) is 3.95. The summed E-state index contributed by atoms with van der Waals surface area (Å²) in [4.78, 5) is 19.7. The molecule has 1 N–H and O–H groups in total. The third kappa shape index (κ3) is 3.52. The number of nitrogens with one attached hydrogen (secondary N) is 1. The Kier molecular flexibility index (Phi) is 4.01. The summed E-state index contributed by atoms with van der Waals surface area (Å²) in [5.41, 5.74) is 0.293. The molecule has 2 rings (SSSR count). The molecule has 0 radical (unpaired) electrons. The second kappa shape index (κ2) is 5.56. The smallest absolute Gasteiger partial charge is 0.258 e. The van der Waals surface area contributed by atoms with Gasteiger partial charge in [-0.1, -0.05) is 11.6 Å². The Labute approximate surface area is 120 Å². The van der Waals surface area contributed by atoms with E-state index in [0.29, 0.717) is 5.56 Å². The first-order valence-electron chi connectivity index (χ1n) is 5.46. The van der Waals surface area contributed by atoms with Crippen LogP contribution in [-0.2, 0) is 9.84 Å². The lowest BCUT2D eigenvalue weighted by molar-refractivity contribution is 0.102. The van der Waals surface area contributed by atoms with Crippen molar-refractivity contribution in [2.75, 3.05) is 11.6 Å². The molecule has 20 heavy (non-hydrogen) atoms. The summed E-state index contributed by atoms with van der Waals surface area (Å²) >= 11 is 5.68. The lowest BCUT2D eigenvalue weighted by atomic mass is 10.2. The van der Waals surface area contributed by atoms with E-state index in [0.717, 1.165) is 6.26 Å². The van der Waals surface area contributed by atoms with Gasteiger partial charge >= 0.3 is 0 Å². The Bertz CT molecular complexity index is 745. The zero-order chi connectivity index (χ0) is 14.8. The third-order valence-electron chi connectivity index (χ3n) is 2.39. The highest BCUT2D eigenvalue weighted by atomic mass is 35.5. The highest BCUT2D eigenvalue weighted by Gasteiger charge is 2.11. The molecule has 0 aliphatic heterocycles. The lowest BCUT2D eigenvalue weighted by Gasteiger charge is -2.04. The average Bonchev–Trinajstić information content (AvgIpc) is 2.38. The summed E-state index contributed by atoms with van der Waals surface area (Å²) < 4.78 is 22.6. The van der Waals surface area contributed by atoms with Crippen molar-refractivity contribution in [2.45, 2.75) is 4.90 Å². The second-order valence-corrected chi connectivity index (χ2v) is 6.36. The molecule has 0 saturated carbocycles. The molecule has 0 bridgehead atoms. The van der Waals surface area contributed by atoms with Crippen LogP contribution in [0.2, 0.25) is 5.15 Å². The highest BCUT2D eigenvalue weighted by Crippen LogP contribution is 2.12. The molecule has 0 aliphatic carbocycles. The number of hydrogen-bond acceptors (Lipinski definition) is 5. The van der Waals surface area contributed by atoms with Crippen LogP contribution in [0.3, 0.4) is 0 Å². The fraction of sp³-hybridized carbons (Fsp3) is 0.0833. The molecule has 1 heterocycles. The monoisotopic (exact) mass is 311 g/mol. The number of rotatable bonds is 3. The third-order valence-corrected chi connectivity index (χ3v) is 3.73. The normalized spacial score (nSPS) is 11.1. The number of carbonyl (C=O) groups is 1. The Morgan fingerprint density at radius 2 is 1.85 bits per heavy atom. The Morgan fingerprint density at radius 1 is 1.20 bits per heavy atom. The number of amides is 1. The van der Waals surface area contributed by atoms with Gasteiger partial charge in [0.1, 0.15) is 5.15 Å². The molecule has 0 aliphatic rings. The molecule has 6 nitrogen and oxygen atoms in total. The molecular weight excluding hydrogens is 302 g/mol. The number of carbonyl (C=O) groups excluding carboxylic acids is 1. The van der Waals surface area contributed by atoms with E-state index < -0.39 is 15.7 Å². The minimum Gasteiger partial charge on any atom is -0.290 e. The minimum atomic E-state index is -3.28. The summed E-state index contributed by atoms with van der Waals surface area (Å²) in [5, 5.41) is 2.67. The van der Waals surface area contributed by atoms with Crippen LogP contribution in [0.1, 0.15) is 10.4 Å². The molecule has 0 fully saturated rings. The van der Waals surface area contributed by atoms with Crippen molar-refractivity contribution in [3.8, 4) is 0 Å². The van der Waals surface area contributed by atoms with Gasteiger partial charge in [0.25, 0.3) is 5.91 Å². The zero-order valence-electron chi connectivity index (χ0n) is 10.4. The molecule has 0 atom stereocenters. The van der Waals surface area contributed by atoms with Crippen molar-refractivity contribution in [3.05, 3.63) is 47.2 Å². The average molecular weight is 312 g/mol. The van der Waals surface area contributed by atoms with Gasteiger partial charge < -0.3 is 0 Å². The van der Waals surface area contributed by atoms with Crippen molar-refractivity contribution >= 4 is 33.3 Å². The van der Waals surface area contributed by atoms with E-state index in [-0.39, 0.29) is 16.0 Å². The Hall–Kier alpha value is -1.99. The van der Waals surface area contributed by atoms with E-state index in [1.807, 2.05) is 0 Å². The number of hydrogen-bond donors (Lipinski definition) is 1. The number of nitrogens with zero attached hydrogens (tertiary/aromatic N) is 2. The molecule has 1 aromatic carbocycles. The summed E-state index contributed by atoms with van der Waals surface area (Å²) in [6, 6.07) is 7.04. The van der Waals surface area contributed by atoms with Crippen molar-refractivity contribution in [3.63, 3.8) is 0 Å². The van der Waals surface area contributed by atoms with Gasteiger partial charge in [-0.05, 0) is 30.3 Å². The van der Waals surface area contributed by atoms with Gasteiger partial charge in [-0.15, -0.1) is 0 Å². The van der Waals surface area contributed by atoms with Crippen LogP contribution in [0.15, 0.2) is 41.4 Å². The Morgan fingerprint density at radius 3 is 2.40 bits per heavy atom. The van der Waals surface area contributed by atoms with Gasteiger partial charge in [0.15, 0.2) is 9.84 Å². The van der Waals surface area contributed by atoms with Gasteiger partial charge in [-0.3, -0.25) is 10.1 Å². The number of benzene rings is 1. The summed E-state index contributed by atoms with van der Waals surface area (Å²) in [6.07, 6.45) is 2.51. The lowest BCUT2D eigenvalue weighted by Crippen LogP contribution is -2.14. The first-order chi connectivity index (χ1) is 9.36. The zero-order valence-corrected chi connectivity index (χ0v) is 11.9. The highest BCUT2D eigenvalue weighted by molar-refractivity contribution is 7.90. The van der Waals surface area contributed by atoms with Gasteiger partial charge in [0.05, 0.1) is 4.90 Å². The summed E-state index contributed by atoms with van der Waals surface area (Å²) in [6.45, 7) is 0. The molecule has 0 unspecified atom stereocenters. The van der Waals surface area contributed by atoms with E-state index in [2.05, 4.69) is 15.3 Å². The van der Waals surface area contributed by atoms with Crippen molar-refractivity contribution in [1.82, 2.24) is 9.97 Å².